The number of nitrogens with one attached hydrogen (secondary N) is 1. The topological polar surface area (TPSA) is 41.6 Å². The number of carbonyl (C=O) groups excluding carboxylic acids is 1. The third kappa shape index (κ3) is 4.74. The highest BCUT2D eigenvalue weighted by Gasteiger charge is 2.14. The van der Waals surface area contributed by atoms with Crippen molar-refractivity contribution in [2.24, 2.45) is 0 Å². The fourth-order valence-electron chi connectivity index (χ4n) is 2.35. The van der Waals surface area contributed by atoms with E-state index in [-0.39, 0.29) is 18.6 Å². The van der Waals surface area contributed by atoms with Crippen LogP contribution in [0.2, 0.25) is 0 Å². The molecule has 0 saturated carbocycles. The number of para-hydroxylation sites is 3. The number of amides is 1. The molecule has 0 heterocycles. The molecule has 0 atom stereocenters. The van der Waals surface area contributed by atoms with Crippen LogP contribution < -0.4 is 15.0 Å². The van der Waals surface area contributed by atoms with Crippen LogP contribution in [0.3, 0.4) is 0 Å². The summed E-state index contributed by atoms with van der Waals surface area (Å²) in [6.07, 6.45) is 0.0881. The van der Waals surface area contributed by atoms with E-state index in [9.17, 15) is 4.79 Å². The number of ether oxygens (including phenoxy) is 1. The van der Waals surface area contributed by atoms with Crippen molar-refractivity contribution in [3.05, 3.63) is 54.6 Å². The maximum atomic E-state index is 12.5. The van der Waals surface area contributed by atoms with E-state index in [1.165, 1.54) is 0 Å². The van der Waals surface area contributed by atoms with Gasteiger partial charge in [-0.3, -0.25) is 4.79 Å². The number of rotatable bonds is 7. The molecule has 2 rings (SSSR count). The minimum atomic E-state index is 0.0260. The quantitative estimate of drug-likeness (QED) is 0.842. The molecule has 0 aliphatic carbocycles. The molecule has 0 unspecified atom stereocenters. The Labute approximate surface area is 138 Å². The van der Waals surface area contributed by atoms with Crippen molar-refractivity contribution in [2.75, 3.05) is 23.3 Å². The van der Waals surface area contributed by atoms with Crippen LogP contribution in [0.25, 0.3) is 0 Å². The van der Waals surface area contributed by atoms with Gasteiger partial charge in [0.05, 0.1) is 18.3 Å². The van der Waals surface area contributed by atoms with Gasteiger partial charge in [0.25, 0.3) is 0 Å². The third-order valence-corrected chi connectivity index (χ3v) is 3.36. The van der Waals surface area contributed by atoms with Gasteiger partial charge in [0.15, 0.2) is 0 Å². The lowest BCUT2D eigenvalue weighted by Gasteiger charge is -2.22. The summed E-state index contributed by atoms with van der Waals surface area (Å²) in [7, 11) is 0. The van der Waals surface area contributed by atoms with Gasteiger partial charge < -0.3 is 15.0 Å². The van der Waals surface area contributed by atoms with E-state index in [1.54, 1.807) is 4.90 Å². The maximum absolute atomic E-state index is 12.5. The zero-order valence-electron chi connectivity index (χ0n) is 14.0. The summed E-state index contributed by atoms with van der Waals surface area (Å²) in [6, 6.07) is 17.4. The monoisotopic (exact) mass is 312 g/mol. The van der Waals surface area contributed by atoms with Crippen molar-refractivity contribution in [2.45, 2.75) is 26.9 Å². The predicted molar refractivity (Wildman–Crippen MR) is 95.2 cm³/mol. The van der Waals surface area contributed by atoms with Gasteiger partial charge in [0, 0.05) is 12.2 Å². The molecule has 0 aliphatic rings. The standard InChI is InChI=1S/C19H24N2O2/c1-4-21(16-10-6-5-7-11-16)19(22)14-20-17-12-8-9-13-18(17)23-15(2)3/h5-13,15,20H,4,14H2,1-3H3. The maximum Gasteiger partial charge on any atom is 0.246 e. The SMILES string of the molecule is CCN(C(=O)CNc1ccccc1OC(C)C)c1ccccc1. The van der Waals surface area contributed by atoms with Gasteiger partial charge in [-0.15, -0.1) is 0 Å². The van der Waals surface area contributed by atoms with Crippen molar-refractivity contribution in [3.8, 4) is 5.75 Å². The number of likely N-dealkylation sites (N-methyl/N-ethyl adjacent to an activating group) is 1. The number of nitrogens with zero attached hydrogens (tertiary/aromatic N) is 1. The summed E-state index contributed by atoms with van der Waals surface area (Å²) in [6.45, 7) is 6.79. The molecular weight excluding hydrogens is 288 g/mol. The molecule has 0 spiro atoms. The van der Waals surface area contributed by atoms with Gasteiger partial charge >= 0.3 is 0 Å². The van der Waals surface area contributed by atoms with Crippen LogP contribution >= 0.6 is 0 Å². The molecule has 2 aromatic rings. The minimum absolute atomic E-state index is 0.0260. The molecule has 1 N–H and O–H groups in total. The van der Waals surface area contributed by atoms with E-state index in [0.29, 0.717) is 6.54 Å². The Morgan fingerprint density at radius 2 is 1.74 bits per heavy atom. The number of hydrogen-bond donors (Lipinski definition) is 1. The fraction of sp³-hybridized carbons (Fsp3) is 0.316. The molecule has 0 aliphatic heterocycles. The van der Waals surface area contributed by atoms with E-state index in [2.05, 4.69) is 5.32 Å². The Kier molecular flexibility index (Phi) is 6.03. The number of benzene rings is 2. The van der Waals surface area contributed by atoms with Gasteiger partial charge in [0.1, 0.15) is 5.75 Å². The lowest BCUT2D eigenvalue weighted by molar-refractivity contribution is -0.116. The smallest absolute Gasteiger partial charge is 0.246 e. The molecule has 0 aromatic heterocycles. The van der Waals surface area contributed by atoms with Crippen molar-refractivity contribution in [1.29, 1.82) is 0 Å². The number of hydrogen-bond acceptors (Lipinski definition) is 3. The van der Waals surface area contributed by atoms with Crippen molar-refractivity contribution < 1.29 is 9.53 Å². The Balaban J connectivity index is 2.04. The Morgan fingerprint density at radius 1 is 1.09 bits per heavy atom. The lowest BCUT2D eigenvalue weighted by Crippen LogP contribution is -2.35. The predicted octanol–water partition coefficient (Wildman–Crippen LogP) is 3.94. The normalized spacial score (nSPS) is 10.4. The summed E-state index contributed by atoms with van der Waals surface area (Å²) in [4.78, 5) is 14.3. The second-order valence-corrected chi connectivity index (χ2v) is 5.49. The largest absolute Gasteiger partial charge is 0.489 e. The van der Waals surface area contributed by atoms with Gasteiger partial charge in [-0.2, -0.15) is 0 Å². The van der Waals surface area contributed by atoms with Crippen molar-refractivity contribution in [1.82, 2.24) is 0 Å². The van der Waals surface area contributed by atoms with Gasteiger partial charge in [0.2, 0.25) is 5.91 Å². The van der Waals surface area contributed by atoms with E-state index in [4.69, 9.17) is 4.74 Å². The lowest BCUT2D eigenvalue weighted by atomic mass is 10.2. The van der Waals surface area contributed by atoms with Gasteiger partial charge in [-0.05, 0) is 45.0 Å². The Bertz CT molecular complexity index is 626. The van der Waals surface area contributed by atoms with Crippen LogP contribution in [0.15, 0.2) is 54.6 Å². The summed E-state index contributed by atoms with van der Waals surface area (Å²) in [5.74, 6) is 0.788. The molecule has 23 heavy (non-hydrogen) atoms. The second-order valence-electron chi connectivity index (χ2n) is 5.49. The number of anilines is 2. The first-order valence-corrected chi connectivity index (χ1v) is 7.96. The first-order valence-electron chi connectivity index (χ1n) is 7.96. The van der Waals surface area contributed by atoms with Gasteiger partial charge in [-0.1, -0.05) is 30.3 Å². The van der Waals surface area contributed by atoms with Crippen molar-refractivity contribution in [3.63, 3.8) is 0 Å². The summed E-state index contributed by atoms with van der Waals surface area (Å²) in [5.41, 5.74) is 1.74. The molecular formula is C19H24N2O2. The summed E-state index contributed by atoms with van der Waals surface area (Å²) < 4.78 is 5.76. The highest BCUT2D eigenvalue weighted by molar-refractivity contribution is 5.96. The first kappa shape index (κ1) is 16.9. The average Bonchev–Trinajstić information content (AvgIpc) is 2.55. The Hall–Kier alpha value is -2.49. The zero-order valence-corrected chi connectivity index (χ0v) is 14.0. The molecule has 0 saturated heterocycles. The molecule has 122 valence electrons. The molecule has 4 heteroatoms. The molecule has 1 amide bonds. The molecule has 2 aromatic carbocycles. The van der Waals surface area contributed by atoms with Crippen LogP contribution in [-0.2, 0) is 4.79 Å². The zero-order chi connectivity index (χ0) is 16.7. The van der Waals surface area contributed by atoms with Crippen LogP contribution in [0.1, 0.15) is 20.8 Å². The van der Waals surface area contributed by atoms with Crippen molar-refractivity contribution >= 4 is 17.3 Å². The molecule has 0 fully saturated rings. The fourth-order valence-corrected chi connectivity index (χ4v) is 2.35. The van der Waals surface area contributed by atoms with Crippen LogP contribution in [0, 0.1) is 0 Å². The minimum Gasteiger partial charge on any atom is -0.489 e. The number of carbonyl (C=O) groups is 1. The Morgan fingerprint density at radius 3 is 2.39 bits per heavy atom. The average molecular weight is 312 g/mol. The van der Waals surface area contributed by atoms with Gasteiger partial charge in [-0.25, -0.2) is 0 Å². The van der Waals surface area contributed by atoms with Crippen LogP contribution in [0.4, 0.5) is 11.4 Å². The van der Waals surface area contributed by atoms with Crippen LogP contribution in [-0.4, -0.2) is 25.1 Å². The van der Waals surface area contributed by atoms with Crippen LogP contribution in [0.5, 0.6) is 5.75 Å². The van der Waals surface area contributed by atoms with E-state index in [0.717, 1.165) is 17.1 Å². The highest BCUT2D eigenvalue weighted by atomic mass is 16.5. The molecule has 0 radical (unpaired) electrons. The summed E-state index contributed by atoms with van der Waals surface area (Å²) >= 11 is 0. The van der Waals surface area contributed by atoms with E-state index < -0.39 is 0 Å². The highest BCUT2D eigenvalue weighted by Crippen LogP contribution is 2.24. The van der Waals surface area contributed by atoms with E-state index >= 15 is 0 Å². The van der Waals surface area contributed by atoms with E-state index in [1.807, 2.05) is 75.4 Å². The third-order valence-electron chi connectivity index (χ3n) is 3.36. The summed E-state index contributed by atoms with van der Waals surface area (Å²) in [5, 5.41) is 3.19. The first-order chi connectivity index (χ1) is 11.1. The molecule has 4 nitrogen and oxygen atoms in total. The second kappa shape index (κ2) is 8.22. The molecule has 0 bridgehead atoms.